The number of nitrogens with zero attached hydrogens (tertiary/aromatic N) is 4. The minimum absolute atomic E-state index is 0.130. The van der Waals surface area contributed by atoms with Crippen molar-refractivity contribution in [1.29, 1.82) is 0 Å². The van der Waals surface area contributed by atoms with Crippen LogP contribution in [0.1, 0.15) is 38.6 Å². The molecule has 2 aromatic rings. The number of ether oxygens (including phenoxy) is 2. The van der Waals surface area contributed by atoms with E-state index in [1.807, 2.05) is 13.8 Å². The Balaban J connectivity index is 2.48. The second-order valence-corrected chi connectivity index (χ2v) is 5.65. The van der Waals surface area contributed by atoms with Gasteiger partial charge in [-0.05, 0) is 31.6 Å². The highest BCUT2D eigenvalue weighted by Gasteiger charge is 2.22. The Morgan fingerprint density at radius 2 is 2.15 bits per heavy atom. The van der Waals surface area contributed by atoms with E-state index < -0.39 is 4.92 Å². The van der Waals surface area contributed by atoms with Gasteiger partial charge in [-0.1, -0.05) is 13.8 Å². The summed E-state index contributed by atoms with van der Waals surface area (Å²) in [5, 5.41) is 22.5. The first-order chi connectivity index (χ1) is 12.5. The molecule has 1 N–H and O–H groups in total. The zero-order chi connectivity index (χ0) is 19.1. The molecule has 140 valence electrons. The van der Waals surface area contributed by atoms with Gasteiger partial charge in [-0.2, -0.15) is 14.9 Å². The normalized spacial score (nSPS) is 11.0. The van der Waals surface area contributed by atoms with E-state index in [1.165, 1.54) is 17.0 Å². The van der Waals surface area contributed by atoms with Crippen LogP contribution in [0.4, 0.5) is 5.69 Å². The number of aromatic nitrogens is 3. The van der Waals surface area contributed by atoms with E-state index in [2.05, 4.69) is 15.3 Å². The Kier molecular flexibility index (Phi) is 6.84. The Morgan fingerprint density at radius 3 is 2.77 bits per heavy atom. The average molecular weight is 379 g/mol. The van der Waals surface area contributed by atoms with E-state index in [9.17, 15) is 10.1 Å². The van der Waals surface area contributed by atoms with Crippen LogP contribution in [0.5, 0.6) is 11.5 Å². The summed E-state index contributed by atoms with van der Waals surface area (Å²) < 4.78 is 12.9. The first kappa shape index (κ1) is 19.6. The standard InChI is InChI=1S/C16H21N5O4S/c1-4-7-25-15-12(21(22)23)8-11(9-13(15)24-6-3)10-17-20-14(5-2)18-19-16(20)26/h8-10H,4-7H2,1-3H3,(H,19,26)/b17-10-. The minimum Gasteiger partial charge on any atom is -0.490 e. The SMILES string of the molecule is CCCOc1c(OCC)cc(/C=N\n2c(CC)n[nH]c2=S)cc1[N+](=O)[O-]. The summed E-state index contributed by atoms with van der Waals surface area (Å²) in [5.74, 6) is 1.10. The summed E-state index contributed by atoms with van der Waals surface area (Å²) in [5.41, 5.74) is 0.325. The van der Waals surface area contributed by atoms with E-state index in [-0.39, 0.29) is 11.4 Å². The summed E-state index contributed by atoms with van der Waals surface area (Å²) >= 11 is 5.14. The van der Waals surface area contributed by atoms with Crippen LogP contribution in [0.3, 0.4) is 0 Å². The zero-order valence-electron chi connectivity index (χ0n) is 14.9. The predicted molar refractivity (Wildman–Crippen MR) is 99.8 cm³/mol. The van der Waals surface area contributed by atoms with Gasteiger partial charge < -0.3 is 9.47 Å². The van der Waals surface area contributed by atoms with Crippen LogP contribution in [0.2, 0.25) is 0 Å². The van der Waals surface area contributed by atoms with Crippen LogP contribution < -0.4 is 9.47 Å². The van der Waals surface area contributed by atoms with Crippen LogP contribution in [0.25, 0.3) is 0 Å². The van der Waals surface area contributed by atoms with Crippen molar-refractivity contribution < 1.29 is 14.4 Å². The molecule has 0 radical (unpaired) electrons. The molecule has 0 saturated carbocycles. The van der Waals surface area contributed by atoms with Crippen LogP contribution in [-0.2, 0) is 6.42 Å². The fourth-order valence-corrected chi connectivity index (χ4v) is 2.43. The van der Waals surface area contributed by atoms with Gasteiger partial charge in [-0.3, -0.25) is 15.2 Å². The highest BCUT2D eigenvalue weighted by atomic mass is 32.1. The van der Waals surface area contributed by atoms with Gasteiger partial charge in [0.1, 0.15) is 0 Å². The van der Waals surface area contributed by atoms with Crippen molar-refractivity contribution in [2.75, 3.05) is 13.2 Å². The van der Waals surface area contributed by atoms with Crippen molar-refractivity contribution in [3.05, 3.63) is 38.4 Å². The number of nitrogens with one attached hydrogen (secondary N) is 1. The molecule has 0 aliphatic rings. The molecule has 0 bridgehead atoms. The number of nitro benzene ring substituents is 1. The molecular weight excluding hydrogens is 358 g/mol. The Hall–Kier alpha value is -2.75. The molecule has 2 rings (SSSR count). The molecule has 0 unspecified atom stereocenters. The molecule has 0 aliphatic carbocycles. The van der Waals surface area contributed by atoms with Gasteiger partial charge in [0.25, 0.3) is 0 Å². The number of hydrogen-bond donors (Lipinski definition) is 1. The number of rotatable bonds is 9. The third-order valence-electron chi connectivity index (χ3n) is 3.36. The second-order valence-electron chi connectivity index (χ2n) is 5.26. The number of aryl methyl sites for hydroxylation is 1. The van der Waals surface area contributed by atoms with E-state index in [0.717, 1.165) is 6.42 Å². The lowest BCUT2D eigenvalue weighted by atomic mass is 10.2. The maximum atomic E-state index is 11.5. The van der Waals surface area contributed by atoms with Crippen molar-refractivity contribution >= 4 is 24.1 Å². The highest BCUT2D eigenvalue weighted by molar-refractivity contribution is 7.71. The largest absolute Gasteiger partial charge is 0.490 e. The van der Waals surface area contributed by atoms with Gasteiger partial charge in [0.15, 0.2) is 11.6 Å². The van der Waals surface area contributed by atoms with Gasteiger partial charge in [-0.15, -0.1) is 0 Å². The summed E-state index contributed by atoms with van der Waals surface area (Å²) in [4.78, 5) is 11.0. The summed E-state index contributed by atoms with van der Waals surface area (Å²) in [6, 6.07) is 3.05. The monoisotopic (exact) mass is 379 g/mol. The topological polar surface area (TPSA) is 108 Å². The van der Waals surface area contributed by atoms with E-state index >= 15 is 0 Å². The van der Waals surface area contributed by atoms with Gasteiger partial charge in [-0.25, -0.2) is 0 Å². The Morgan fingerprint density at radius 1 is 1.38 bits per heavy atom. The lowest BCUT2D eigenvalue weighted by Crippen LogP contribution is -2.05. The molecule has 1 aromatic carbocycles. The third-order valence-corrected chi connectivity index (χ3v) is 3.62. The molecule has 9 nitrogen and oxygen atoms in total. The van der Waals surface area contributed by atoms with Crippen molar-refractivity contribution in [1.82, 2.24) is 14.9 Å². The van der Waals surface area contributed by atoms with E-state index in [1.54, 1.807) is 13.0 Å². The van der Waals surface area contributed by atoms with Gasteiger partial charge in [0.05, 0.1) is 24.4 Å². The van der Waals surface area contributed by atoms with Crippen LogP contribution in [0, 0.1) is 14.9 Å². The number of aromatic amines is 1. The van der Waals surface area contributed by atoms with Gasteiger partial charge >= 0.3 is 5.69 Å². The maximum absolute atomic E-state index is 11.5. The van der Waals surface area contributed by atoms with Crippen molar-refractivity contribution in [2.24, 2.45) is 5.10 Å². The molecule has 0 saturated heterocycles. The molecule has 26 heavy (non-hydrogen) atoms. The average Bonchev–Trinajstić information content (AvgIpc) is 2.98. The molecule has 0 atom stereocenters. The first-order valence-corrected chi connectivity index (χ1v) is 8.71. The highest BCUT2D eigenvalue weighted by Crippen LogP contribution is 2.38. The summed E-state index contributed by atoms with van der Waals surface area (Å²) in [6.07, 6.45) is 2.84. The number of hydrogen-bond acceptors (Lipinski definition) is 7. The lowest BCUT2D eigenvalue weighted by molar-refractivity contribution is -0.386. The lowest BCUT2D eigenvalue weighted by Gasteiger charge is -2.12. The smallest absolute Gasteiger partial charge is 0.315 e. The van der Waals surface area contributed by atoms with Crippen LogP contribution in [0.15, 0.2) is 17.2 Å². The molecule has 0 amide bonds. The Bertz CT molecular complexity index is 859. The number of nitro groups is 1. The quantitative estimate of drug-likeness (QED) is 0.309. The maximum Gasteiger partial charge on any atom is 0.315 e. The van der Waals surface area contributed by atoms with Crippen molar-refractivity contribution in [2.45, 2.75) is 33.6 Å². The van der Waals surface area contributed by atoms with Gasteiger partial charge in [0.2, 0.25) is 10.5 Å². The molecule has 1 heterocycles. The number of benzene rings is 1. The van der Waals surface area contributed by atoms with E-state index in [4.69, 9.17) is 21.7 Å². The third kappa shape index (κ3) is 4.45. The fraction of sp³-hybridized carbons (Fsp3) is 0.438. The van der Waals surface area contributed by atoms with Gasteiger partial charge in [0, 0.05) is 18.1 Å². The predicted octanol–water partition coefficient (Wildman–Crippen LogP) is 3.48. The second kappa shape index (κ2) is 9.09. The summed E-state index contributed by atoms with van der Waals surface area (Å²) in [7, 11) is 0. The molecule has 0 spiro atoms. The fourth-order valence-electron chi connectivity index (χ4n) is 2.23. The molecule has 0 fully saturated rings. The van der Waals surface area contributed by atoms with Crippen molar-refractivity contribution in [3.63, 3.8) is 0 Å². The van der Waals surface area contributed by atoms with Crippen LogP contribution >= 0.6 is 12.2 Å². The molecule has 0 aliphatic heterocycles. The van der Waals surface area contributed by atoms with Crippen LogP contribution in [-0.4, -0.2) is 39.2 Å². The first-order valence-electron chi connectivity index (χ1n) is 8.30. The Labute approximate surface area is 155 Å². The van der Waals surface area contributed by atoms with E-state index in [0.29, 0.717) is 41.5 Å². The molecule has 1 aromatic heterocycles. The molecular formula is C16H21N5O4S. The summed E-state index contributed by atoms with van der Waals surface area (Å²) in [6.45, 7) is 6.36. The minimum atomic E-state index is -0.494. The van der Waals surface area contributed by atoms with Crippen molar-refractivity contribution in [3.8, 4) is 11.5 Å². The zero-order valence-corrected chi connectivity index (χ0v) is 15.7. The molecule has 10 heteroatoms. The number of H-pyrrole nitrogens is 1.